The SMILES string of the molecule is CCCCCCn1c(=O)c(OC)c(OC)c2ccc(N)cc21. The summed E-state index contributed by atoms with van der Waals surface area (Å²) >= 11 is 0. The third-order valence-electron chi connectivity index (χ3n) is 3.85. The summed E-state index contributed by atoms with van der Waals surface area (Å²) in [5.41, 5.74) is 7.14. The molecule has 120 valence electrons. The molecule has 22 heavy (non-hydrogen) atoms. The van der Waals surface area contributed by atoms with Gasteiger partial charge in [-0.05, 0) is 24.6 Å². The summed E-state index contributed by atoms with van der Waals surface area (Å²) in [6.07, 6.45) is 4.38. The van der Waals surface area contributed by atoms with Gasteiger partial charge in [-0.2, -0.15) is 0 Å². The number of benzene rings is 1. The number of aromatic nitrogens is 1. The third kappa shape index (κ3) is 3.03. The van der Waals surface area contributed by atoms with E-state index in [4.69, 9.17) is 15.2 Å². The quantitative estimate of drug-likeness (QED) is 0.630. The molecule has 0 amide bonds. The Labute approximate surface area is 130 Å². The number of methoxy groups -OCH3 is 2. The van der Waals surface area contributed by atoms with Gasteiger partial charge in [0, 0.05) is 17.6 Å². The van der Waals surface area contributed by atoms with Crippen LogP contribution in [-0.2, 0) is 6.54 Å². The number of fused-ring (bicyclic) bond motifs is 1. The van der Waals surface area contributed by atoms with E-state index in [0.29, 0.717) is 18.0 Å². The van der Waals surface area contributed by atoms with Crippen molar-refractivity contribution in [3.8, 4) is 11.5 Å². The van der Waals surface area contributed by atoms with Crippen LogP contribution in [0, 0.1) is 0 Å². The number of anilines is 1. The van der Waals surface area contributed by atoms with Crippen LogP contribution in [0.25, 0.3) is 10.9 Å². The number of hydrogen-bond donors (Lipinski definition) is 1. The van der Waals surface area contributed by atoms with Crippen LogP contribution in [0.15, 0.2) is 23.0 Å². The highest BCUT2D eigenvalue weighted by atomic mass is 16.5. The van der Waals surface area contributed by atoms with Crippen LogP contribution in [0.2, 0.25) is 0 Å². The molecule has 0 spiro atoms. The highest BCUT2D eigenvalue weighted by Gasteiger charge is 2.18. The molecule has 1 aromatic heterocycles. The van der Waals surface area contributed by atoms with Crippen LogP contribution in [0.3, 0.4) is 0 Å². The Hall–Kier alpha value is -2.17. The maximum Gasteiger partial charge on any atom is 0.297 e. The van der Waals surface area contributed by atoms with Gasteiger partial charge in [-0.1, -0.05) is 26.2 Å². The summed E-state index contributed by atoms with van der Waals surface area (Å²) in [5, 5.41) is 0.837. The molecule has 1 heterocycles. The van der Waals surface area contributed by atoms with Crippen molar-refractivity contribution in [2.45, 2.75) is 39.2 Å². The fourth-order valence-corrected chi connectivity index (χ4v) is 2.72. The molecule has 0 saturated heterocycles. The second kappa shape index (κ2) is 7.20. The molecule has 0 unspecified atom stereocenters. The Balaban J connectivity index is 2.59. The first-order chi connectivity index (χ1) is 10.6. The largest absolute Gasteiger partial charge is 0.492 e. The van der Waals surface area contributed by atoms with Crippen molar-refractivity contribution in [1.82, 2.24) is 4.57 Å². The zero-order valence-corrected chi connectivity index (χ0v) is 13.5. The van der Waals surface area contributed by atoms with E-state index in [-0.39, 0.29) is 11.3 Å². The summed E-state index contributed by atoms with van der Waals surface area (Å²) in [6.45, 7) is 2.82. The van der Waals surface area contributed by atoms with Gasteiger partial charge in [-0.25, -0.2) is 0 Å². The Kier molecular flexibility index (Phi) is 5.31. The van der Waals surface area contributed by atoms with Crippen LogP contribution in [0.1, 0.15) is 32.6 Å². The monoisotopic (exact) mass is 304 g/mol. The van der Waals surface area contributed by atoms with Gasteiger partial charge in [-0.3, -0.25) is 4.79 Å². The number of aryl methyl sites for hydroxylation is 1. The molecule has 2 N–H and O–H groups in total. The van der Waals surface area contributed by atoms with Crippen molar-refractivity contribution < 1.29 is 9.47 Å². The first-order valence-electron chi connectivity index (χ1n) is 7.68. The van der Waals surface area contributed by atoms with Crippen LogP contribution in [-0.4, -0.2) is 18.8 Å². The fraction of sp³-hybridized carbons (Fsp3) is 0.471. The second-order valence-corrected chi connectivity index (χ2v) is 5.36. The first kappa shape index (κ1) is 16.2. The average Bonchev–Trinajstić information content (AvgIpc) is 2.52. The zero-order valence-electron chi connectivity index (χ0n) is 13.5. The molecule has 0 aliphatic carbocycles. The minimum Gasteiger partial charge on any atom is -0.492 e. The summed E-state index contributed by atoms with van der Waals surface area (Å²) in [5.74, 6) is 0.711. The van der Waals surface area contributed by atoms with Gasteiger partial charge in [0.05, 0.1) is 19.7 Å². The summed E-state index contributed by atoms with van der Waals surface area (Å²) in [4.78, 5) is 12.7. The van der Waals surface area contributed by atoms with Gasteiger partial charge < -0.3 is 19.8 Å². The van der Waals surface area contributed by atoms with E-state index in [0.717, 1.165) is 30.2 Å². The lowest BCUT2D eigenvalue weighted by molar-refractivity contribution is 0.350. The second-order valence-electron chi connectivity index (χ2n) is 5.36. The molecular formula is C17H24N2O3. The number of nitrogen functional groups attached to an aromatic ring is 1. The smallest absolute Gasteiger partial charge is 0.297 e. The standard InChI is InChI=1S/C17H24N2O3/c1-4-5-6-7-10-19-14-11-12(18)8-9-13(14)15(21-2)16(22-3)17(19)20/h8-9,11H,4-7,10,18H2,1-3H3. The number of hydrogen-bond acceptors (Lipinski definition) is 4. The Morgan fingerprint density at radius 3 is 2.45 bits per heavy atom. The van der Waals surface area contributed by atoms with Crippen LogP contribution < -0.4 is 20.8 Å². The first-order valence-corrected chi connectivity index (χ1v) is 7.68. The minimum atomic E-state index is -0.172. The van der Waals surface area contributed by atoms with Crippen LogP contribution in [0.4, 0.5) is 5.69 Å². The number of nitrogens with two attached hydrogens (primary N) is 1. The topological polar surface area (TPSA) is 66.5 Å². The molecule has 5 nitrogen and oxygen atoms in total. The summed E-state index contributed by atoms with van der Waals surface area (Å²) in [6, 6.07) is 5.49. The van der Waals surface area contributed by atoms with E-state index < -0.39 is 0 Å². The molecule has 0 aliphatic rings. The third-order valence-corrected chi connectivity index (χ3v) is 3.85. The highest BCUT2D eigenvalue weighted by Crippen LogP contribution is 2.33. The average molecular weight is 304 g/mol. The van der Waals surface area contributed by atoms with E-state index in [9.17, 15) is 4.79 Å². The number of pyridine rings is 1. The van der Waals surface area contributed by atoms with Crippen LogP contribution >= 0.6 is 0 Å². The molecule has 1 aromatic carbocycles. The van der Waals surface area contributed by atoms with Gasteiger partial charge in [0.1, 0.15) is 0 Å². The molecule has 0 saturated carbocycles. The van der Waals surface area contributed by atoms with E-state index in [1.807, 2.05) is 12.1 Å². The minimum absolute atomic E-state index is 0.172. The molecule has 2 aromatic rings. The van der Waals surface area contributed by atoms with Crippen molar-refractivity contribution in [2.24, 2.45) is 0 Å². The highest BCUT2D eigenvalue weighted by molar-refractivity contribution is 5.90. The van der Waals surface area contributed by atoms with E-state index >= 15 is 0 Å². The van der Waals surface area contributed by atoms with Crippen molar-refractivity contribution in [2.75, 3.05) is 20.0 Å². The Bertz CT molecular complexity index is 707. The molecule has 0 aliphatic heterocycles. The van der Waals surface area contributed by atoms with Gasteiger partial charge in [0.2, 0.25) is 5.75 Å². The summed E-state index contributed by atoms with van der Waals surface area (Å²) in [7, 11) is 3.03. The number of unbranched alkanes of at least 4 members (excludes halogenated alkanes) is 3. The predicted molar refractivity (Wildman–Crippen MR) is 89.9 cm³/mol. The van der Waals surface area contributed by atoms with Crippen molar-refractivity contribution in [1.29, 1.82) is 0 Å². The van der Waals surface area contributed by atoms with Crippen molar-refractivity contribution in [3.63, 3.8) is 0 Å². The molecule has 5 heteroatoms. The van der Waals surface area contributed by atoms with Crippen molar-refractivity contribution >= 4 is 16.6 Å². The molecule has 0 radical (unpaired) electrons. The maximum atomic E-state index is 12.7. The Morgan fingerprint density at radius 1 is 1.09 bits per heavy atom. The zero-order chi connectivity index (χ0) is 16.1. The fourth-order valence-electron chi connectivity index (χ4n) is 2.72. The lowest BCUT2D eigenvalue weighted by Crippen LogP contribution is -2.23. The lowest BCUT2D eigenvalue weighted by atomic mass is 10.1. The van der Waals surface area contributed by atoms with E-state index in [1.54, 1.807) is 17.7 Å². The Morgan fingerprint density at radius 2 is 1.82 bits per heavy atom. The van der Waals surface area contributed by atoms with E-state index in [2.05, 4.69) is 6.92 Å². The van der Waals surface area contributed by atoms with Gasteiger partial charge in [0.25, 0.3) is 5.56 Å². The molecule has 0 atom stereocenters. The normalized spacial score (nSPS) is 10.9. The predicted octanol–water partition coefficient (Wildman–Crippen LogP) is 3.18. The van der Waals surface area contributed by atoms with E-state index in [1.165, 1.54) is 13.5 Å². The van der Waals surface area contributed by atoms with Crippen LogP contribution in [0.5, 0.6) is 11.5 Å². The maximum absolute atomic E-state index is 12.7. The molecule has 0 fully saturated rings. The summed E-state index contributed by atoms with van der Waals surface area (Å²) < 4.78 is 12.4. The number of nitrogens with zero attached hydrogens (tertiary/aromatic N) is 1. The van der Waals surface area contributed by atoms with Crippen molar-refractivity contribution in [3.05, 3.63) is 28.6 Å². The number of ether oxygens (including phenoxy) is 2. The van der Waals surface area contributed by atoms with Gasteiger partial charge >= 0.3 is 0 Å². The molecular weight excluding hydrogens is 280 g/mol. The number of rotatable bonds is 7. The van der Waals surface area contributed by atoms with Gasteiger partial charge in [0.15, 0.2) is 5.75 Å². The lowest BCUT2D eigenvalue weighted by Gasteiger charge is -2.16. The van der Waals surface area contributed by atoms with Gasteiger partial charge in [-0.15, -0.1) is 0 Å². The molecule has 2 rings (SSSR count). The molecule has 0 bridgehead atoms.